The molecular weight excluding hydrogens is 578 g/mol. The summed E-state index contributed by atoms with van der Waals surface area (Å²) in [5, 5.41) is 6.01. The van der Waals surface area contributed by atoms with E-state index in [1.807, 2.05) is 60.7 Å². The van der Waals surface area contributed by atoms with E-state index in [4.69, 9.17) is 19.6 Å². The van der Waals surface area contributed by atoms with Gasteiger partial charge in [-0.1, -0.05) is 55.0 Å². The quantitative estimate of drug-likeness (QED) is 0.225. The average Bonchev–Trinajstić information content (AvgIpc) is 3.38. The minimum Gasteiger partial charge on any atom is -0.384 e. The number of sulfonamides is 1. The zero-order valence-corrected chi connectivity index (χ0v) is 25.8. The molecule has 4 aromatic rings. The molecule has 1 aliphatic carbocycles. The van der Waals surface area contributed by atoms with Gasteiger partial charge in [0.05, 0.1) is 41.4 Å². The lowest BCUT2D eigenvalue weighted by Gasteiger charge is -2.34. The van der Waals surface area contributed by atoms with Gasteiger partial charge in [0.25, 0.3) is 5.91 Å². The Morgan fingerprint density at radius 1 is 1.00 bits per heavy atom. The highest BCUT2D eigenvalue weighted by molar-refractivity contribution is 7.90. The van der Waals surface area contributed by atoms with E-state index in [1.54, 1.807) is 17.9 Å². The number of amides is 1. The summed E-state index contributed by atoms with van der Waals surface area (Å²) in [4.78, 5) is 20.6. The summed E-state index contributed by atoms with van der Waals surface area (Å²) in [7, 11) is -2.24. The lowest BCUT2D eigenvalue weighted by Crippen LogP contribution is -2.36. The van der Waals surface area contributed by atoms with Crippen LogP contribution in [-0.2, 0) is 26.1 Å². The number of pyridine rings is 1. The SMILES string of the molecule is COCC1CCN(c2cc(C(=O)NS(=O)(=O)CCOCc3ccccc3)nc3c2c(C2CCC2)nn3-c2ccccc2)CC1. The number of hydrogen-bond donors (Lipinski definition) is 1. The number of piperidine rings is 1. The normalized spacial score (nSPS) is 16.2. The van der Waals surface area contributed by atoms with Gasteiger partial charge in [-0.3, -0.25) is 4.79 Å². The highest BCUT2D eigenvalue weighted by Gasteiger charge is 2.32. The van der Waals surface area contributed by atoms with Crippen LogP contribution in [0.2, 0.25) is 0 Å². The smallest absolute Gasteiger partial charge is 0.283 e. The molecule has 1 N–H and O–H groups in total. The number of carbonyl (C=O) groups excluding carboxylic acids is 1. The third kappa shape index (κ3) is 6.80. The van der Waals surface area contributed by atoms with Gasteiger partial charge in [-0.2, -0.15) is 5.10 Å². The van der Waals surface area contributed by atoms with E-state index in [0.717, 1.165) is 79.8 Å². The second-order valence-electron chi connectivity index (χ2n) is 11.7. The molecule has 1 aliphatic heterocycles. The minimum atomic E-state index is -3.97. The molecule has 1 saturated heterocycles. The summed E-state index contributed by atoms with van der Waals surface area (Å²) in [6.45, 7) is 2.56. The van der Waals surface area contributed by atoms with E-state index in [-0.39, 0.29) is 18.1 Å². The second kappa shape index (κ2) is 13.5. The van der Waals surface area contributed by atoms with Gasteiger partial charge in [-0.15, -0.1) is 0 Å². The maximum atomic E-state index is 13.5. The average molecular weight is 618 g/mol. The summed E-state index contributed by atoms with van der Waals surface area (Å²) in [5.41, 5.74) is 4.25. The van der Waals surface area contributed by atoms with E-state index >= 15 is 0 Å². The number of hydrogen-bond acceptors (Lipinski definition) is 8. The maximum Gasteiger partial charge on any atom is 0.283 e. The van der Waals surface area contributed by atoms with Crippen LogP contribution in [-0.4, -0.2) is 68.3 Å². The highest BCUT2D eigenvalue weighted by Crippen LogP contribution is 2.43. The van der Waals surface area contributed by atoms with Crippen molar-refractivity contribution in [2.75, 3.05) is 44.1 Å². The number of anilines is 1. The van der Waals surface area contributed by atoms with E-state index in [9.17, 15) is 13.2 Å². The predicted octanol–water partition coefficient (Wildman–Crippen LogP) is 4.83. The molecule has 0 unspecified atom stereocenters. The van der Waals surface area contributed by atoms with E-state index in [0.29, 0.717) is 24.1 Å². The van der Waals surface area contributed by atoms with Crippen LogP contribution in [0.4, 0.5) is 5.69 Å². The van der Waals surface area contributed by atoms with Gasteiger partial charge in [-0.05, 0) is 55.4 Å². The molecule has 11 heteroatoms. The van der Waals surface area contributed by atoms with Gasteiger partial charge in [0.1, 0.15) is 5.69 Å². The number of aromatic nitrogens is 3. The van der Waals surface area contributed by atoms with E-state index < -0.39 is 15.9 Å². The Morgan fingerprint density at radius 3 is 2.36 bits per heavy atom. The van der Waals surface area contributed by atoms with Gasteiger partial charge >= 0.3 is 0 Å². The first-order valence-electron chi connectivity index (χ1n) is 15.3. The van der Waals surface area contributed by atoms with Gasteiger partial charge in [0.15, 0.2) is 5.65 Å². The maximum absolute atomic E-state index is 13.5. The van der Waals surface area contributed by atoms with Crippen LogP contribution >= 0.6 is 0 Å². The van der Waals surface area contributed by atoms with Crippen LogP contribution < -0.4 is 9.62 Å². The number of ether oxygens (including phenoxy) is 2. The molecule has 2 fully saturated rings. The fourth-order valence-corrected chi connectivity index (χ4v) is 6.79. The summed E-state index contributed by atoms with van der Waals surface area (Å²) >= 11 is 0. The Bertz CT molecular complexity index is 1680. The van der Waals surface area contributed by atoms with Crippen molar-refractivity contribution in [1.29, 1.82) is 0 Å². The second-order valence-corrected chi connectivity index (χ2v) is 13.5. The lowest BCUT2D eigenvalue weighted by atomic mass is 9.82. The molecule has 10 nitrogen and oxygen atoms in total. The molecule has 0 atom stereocenters. The number of para-hydroxylation sites is 1. The van der Waals surface area contributed by atoms with Crippen molar-refractivity contribution in [2.45, 2.75) is 44.6 Å². The summed E-state index contributed by atoms with van der Waals surface area (Å²) in [6, 6.07) is 21.0. The summed E-state index contributed by atoms with van der Waals surface area (Å²) in [6.07, 6.45) is 5.19. The minimum absolute atomic E-state index is 0.0394. The zero-order valence-electron chi connectivity index (χ0n) is 25.0. The summed E-state index contributed by atoms with van der Waals surface area (Å²) in [5.74, 6) is -0.313. The standard InChI is InChI=1S/C33H39N5O5S/c1-42-22-25-15-17-37(18-16-25)29-21-28(33(39)36-44(40,41)20-19-43-23-24-9-4-2-5-10-24)34-32-30(29)31(26-11-8-12-26)35-38(32)27-13-6-3-7-14-27/h2-7,9-10,13-14,21,25-26H,8,11-12,15-20,22-23H2,1H3,(H,36,39). The van der Waals surface area contributed by atoms with Crippen molar-refractivity contribution in [1.82, 2.24) is 19.5 Å². The summed E-state index contributed by atoms with van der Waals surface area (Å²) < 4.78 is 40.8. The number of carbonyl (C=O) groups is 1. The molecule has 1 amide bonds. The first kappa shape index (κ1) is 30.2. The van der Waals surface area contributed by atoms with Crippen LogP contribution in [0.3, 0.4) is 0 Å². The molecule has 3 heterocycles. The molecule has 232 valence electrons. The predicted molar refractivity (Wildman–Crippen MR) is 170 cm³/mol. The van der Waals surface area contributed by atoms with E-state index in [1.165, 1.54) is 0 Å². The fraction of sp³-hybridized carbons (Fsp3) is 0.424. The molecular formula is C33H39N5O5S. The molecule has 2 aromatic carbocycles. The van der Waals surface area contributed by atoms with Gasteiger partial charge in [-0.25, -0.2) is 22.8 Å². The molecule has 0 radical (unpaired) electrons. The van der Waals surface area contributed by atoms with Crippen LogP contribution in [0.5, 0.6) is 0 Å². The number of methoxy groups -OCH3 is 1. The van der Waals surface area contributed by atoms with Crippen molar-refractivity contribution in [2.24, 2.45) is 5.92 Å². The third-order valence-corrected chi connectivity index (χ3v) is 9.78. The van der Waals surface area contributed by atoms with Crippen molar-refractivity contribution >= 4 is 32.7 Å². The molecule has 6 rings (SSSR count). The number of fused-ring (bicyclic) bond motifs is 1. The van der Waals surface area contributed by atoms with Crippen molar-refractivity contribution in [3.63, 3.8) is 0 Å². The molecule has 0 spiro atoms. The number of nitrogens with zero attached hydrogens (tertiary/aromatic N) is 4. The van der Waals surface area contributed by atoms with Crippen molar-refractivity contribution < 1.29 is 22.7 Å². The molecule has 2 aromatic heterocycles. The fourth-order valence-electron chi connectivity index (χ4n) is 5.96. The van der Waals surface area contributed by atoms with E-state index in [2.05, 4.69) is 9.62 Å². The molecule has 44 heavy (non-hydrogen) atoms. The van der Waals surface area contributed by atoms with Crippen molar-refractivity contribution in [3.05, 3.63) is 83.7 Å². The van der Waals surface area contributed by atoms with Gasteiger partial charge in [0, 0.05) is 32.7 Å². The Kier molecular flexibility index (Phi) is 9.25. The molecule has 1 saturated carbocycles. The lowest BCUT2D eigenvalue weighted by molar-refractivity contribution is 0.0976. The van der Waals surface area contributed by atoms with Crippen LogP contribution in [0, 0.1) is 5.92 Å². The van der Waals surface area contributed by atoms with Crippen molar-refractivity contribution in [3.8, 4) is 5.69 Å². The number of nitrogens with one attached hydrogen (secondary N) is 1. The highest BCUT2D eigenvalue weighted by atomic mass is 32.2. The van der Waals surface area contributed by atoms with Gasteiger partial charge < -0.3 is 14.4 Å². The Labute approximate surface area is 258 Å². The monoisotopic (exact) mass is 617 g/mol. The number of rotatable bonds is 12. The Balaban J connectivity index is 1.31. The third-order valence-electron chi connectivity index (χ3n) is 8.58. The first-order chi connectivity index (χ1) is 21.4. The zero-order chi connectivity index (χ0) is 30.5. The van der Waals surface area contributed by atoms with Crippen LogP contribution in [0.25, 0.3) is 16.7 Å². The topological polar surface area (TPSA) is 116 Å². The van der Waals surface area contributed by atoms with Crippen LogP contribution in [0.1, 0.15) is 59.8 Å². The van der Waals surface area contributed by atoms with Gasteiger partial charge in [0.2, 0.25) is 10.0 Å². The first-order valence-corrected chi connectivity index (χ1v) is 17.0. The molecule has 0 bridgehead atoms. The Morgan fingerprint density at radius 2 is 1.70 bits per heavy atom. The number of benzene rings is 2. The van der Waals surface area contributed by atoms with Crippen LogP contribution in [0.15, 0.2) is 66.7 Å². The Hall–Kier alpha value is -3.80. The molecule has 2 aliphatic rings. The largest absolute Gasteiger partial charge is 0.384 e.